The van der Waals surface area contributed by atoms with Crippen LogP contribution < -0.4 is 4.74 Å². The first kappa shape index (κ1) is 11.5. The number of aliphatic hydroxyl groups is 1. The summed E-state index contributed by atoms with van der Waals surface area (Å²) >= 11 is 0. The van der Waals surface area contributed by atoms with Crippen LogP contribution in [0.1, 0.15) is 24.8 Å². The van der Waals surface area contributed by atoms with E-state index in [0.717, 1.165) is 5.75 Å². The third-order valence-corrected chi connectivity index (χ3v) is 3.54. The minimum atomic E-state index is 0.247. The molecule has 0 aliphatic heterocycles. The molecule has 1 unspecified atom stereocenters. The Balaban J connectivity index is 1.83. The molecule has 88 valence electrons. The first-order valence-corrected chi connectivity index (χ1v) is 6.10. The Labute approximate surface area is 97.3 Å². The summed E-state index contributed by atoms with van der Waals surface area (Å²) in [4.78, 5) is 0. The summed E-state index contributed by atoms with van der Waals surface area (Å²) in [5, 5.41) is 9.30. The third-order valence-electron chi connectivity index (χ3n) is 3.54. The Hall–Kier alpha value is -1.02. The second-order valence-corrected chi connectivity index (χ2v) is 4.76. The topological polar surface area (TPSA) is 29.5 Å². The van der Waals surface area contributed by atoms with Crippen LogP contribution >= 0.6 is 0 Å². The summed E-state index contributed by atoms with van der Waals surface area (Å²) in [5.74, 6) is 1.90. The summed E-state index contributed by atoms with van der Waals surface area (Å²) in [6.07, 6.45) is 3.82. The monoisotopic (exact) mass is 220 g/mol. The number of rotatable bonds is 5. The molecular formula is C14H20O2. The first-order valence-electron chi connectivity index (χ1n) is 6.10. The van der Waals surface area contributed by atoms with Crippen LogP contribution in [-0.2, 0) is 0 Å². The lowest BCUT2D eigenvalue weighted by molar-refractivity contribution is 0.0796. The highest BCUT2D eigenvalue weighted by Crippen LogP contribution is 2.33. The molecule has 1 aromatic carbocycles. The SMILES string of the molecule is Cc1ccc(OCC(CO)C2CCC2)cc1. The van der Waals surface area contributed by atoms with Crippen molar-refractivity contribution in [3.8, 4) is 5.75 Å². The van der Waals surface area contributed by atoms with Gasteiger partial charge in [-0.15, -0.1) is 0 Å². The predicted octanol–water partition coefficient (Wildman–Crippen LogP) is 2.78. The van der Waals surface area contributed by atoms with Crippen molar-refractivity contribution in [3.63, 3.8) is 0 Å². The number of ether oxygens (including phenoxy) is 1. The van der Waals surface area contributed by atoms with E-state index in [9.17, 15) is 5.11 Å². The molecule has 1 aromatic rings. The Morgan fingerprint density at radius 1 is 1.31 bits per heavy atom. The summed E-state index contributed by atoms with van der Waals surface area (Å²) < 4.78 is 5.71. The molecule has 2 rings (SSSR count). The second kappa shape index (κ2) is 5.35. The smallest absolute Gasteiger partial charge is 0.119 e. The summed E-state index contributed by atoms with van der Waals surface area (Å²) in [6, 6.07) is 8.08. The maximum atomic E-state index is 9.30. The number of aliphatic hydroxyl groups excluding tert-OH is 1. The van der Waals surface area contributed by atoms with Gasteiger partial charge in [0, 0.05) is 12.5 Å². The average Bonchev–Trinajstić information content (AvgIpc) is 2.23. The Kier molecular flexibility index (Phi) is 3.83. The van der Waals surface area contributed by atoms with Gasteiger partial charge in [-0.05, 0) is 37.8 Å². The highest BCUT2D eigenvalue weighted by Gasteiger charge is 2.27. The van der Waals surface area contributed by atoms with Crippen LogP contribution in [-0.4, -0.2) is 18.3 Å². The quantitative estimate of drug-likeness (QED) is 0.826. The van der Waals surface area contributed by atoms with Gasteiger partial charge in [-0.3, -0.25) is 0 Å². The van der Waals surface area contributed by atoms with Crippen LogP contribution in [0.4, 0.5) is 0 Å². The minimum absolute atomic E-state index is 0.247. The first-order chi connectivity index (χ1) is 7.79. The number of benzene rings is 1. The molecule has 0 aromatic heterocycles. The van der Waals surface area contributed by atoms with E-state index < -0.39 is 0 Å². The van der Waals surface area contributed by atoms with Gasteiger partial charge in [0.15, 0.2) is 0 Å². The highest BCUT2D eigenvalue weighted by molar-refractivity contribution is 5.26. The zero-order chi connectivity index (χ0) is 11.4. The number of aryl methyl sites for hydroxylation is 1. The van der Waals surface area contributed by atoms with Crippen LogP contribution in [0.3, 0.4) is 0 Å². The Morgan fingerprint density at radius 3 is 2.50 bits per heavy atom. The molecule has 1 aliphatic rings. The van der Waals surface area contributed by atoms with Gasteiger partial charge in [-0.2, -0.15) is 0 Å². The fraction of sp³-hybridized carbons (Fsp3) is 0.571. The zero-order valence-corrected chi connectivity index (χ0v) is 9.86. The predicted molar refractivity (Wildman–Crippen MR) is 64.6 cm³/mol. The van der Waals surface area contributed by atoms with Gasteiger partial charge in [0.05, 0.1) is 6.61 Å². The molecule has 1 N–H and O–H groups in total. The molecular weight excluding hydrogens is 200 g/mol. The van der Waals surface area contributed by atoms with E-state index in [1.165, 1.54) is 24.8 Å². The van der Waals surface area contributed by atoms with Crippen LogP contribution in [0.25, 0.3) is 0 Å². The molecule has 0 heterocycles. The van der Waals surface area contributed by atoms with E-state index in [4.69, 9.17) is 4.74 Å². The summed E-state index contributed by atoms with van der Waals surface area (Å²) in [5.41, 5.74) is 1.24. The lowest BCUT2D eigenvalue weighted by atomic mass is 9.76. The zero-order valence-electron chi connectivity index (χ0n) is 9.86. The van der Waals surface area contributed by atoms with Crippen LogP contribution in [0.15, 0.2) is 24.3 Å². The van der Waals surface area contributed by atoms with Gasteiger partial charge in [-0.25, -0.2) is 0 Å². The molecule has 2 nitrogen and oxygen atoms in total. The van der Waals surface area contributed by atoms with Gasteiger partial charge in [0.25, 0.3) is 0 Å². The maximum absolute atomic E-state index is 9.30. The van der Waals surface area contributed by atoms with Gasteiger partial charge < -0.3 is 9.84 Å². The van der Waals surface area contributed by atoms with Crippen molar-refractivity contribution >= 4 is 0 Å². The standard InChI is InChI=1S/C14H20O2/c1-11-5-7-14(8-6-11)16-10-13(9-15)12-3-2-4-12/h5-8,12-13,15H,2-4,9-10H2,1H3. The van der Waals surface area contributed by atoms with E-state index in [-0.39, 0.29) is 6.61 Å². The van der Waals surface area contributed by atoms with Crippen molar-refractivity contribution in [2.75, 3.05) is 13.2 Å². The highest BCUT2D eigenvalue weighted by atomic mass is 16.5. The Bertz CT molecular complexity index is 314. The van der Waals surface area contributed by atoms with Gasteiger partial charge >= 0.3 is 0 Å². The van der Waals surface area contributed by atoms with Gasteiger partial charge in [-0.1, -0.05) is 24.1 Å². The van der Waals surface area contributed by atoms with Crippen LogP contribution in [0, 0.1) is 18.8 Å². The van der Waals surface area contributed by atoms with Crippen molar-refractivity contribution < 1.29 is 9.84 Å². The summed E-state index contributed by atoms with van der Waals surface area (Å²) in [6.45, 7) is 2.95. The van der Waals surface area contributed by atoms with Crippen LogP contribution in [0.2, 0.25) is 0 Å². The molecule has 16 heavy (non-hydrogen) atoms. The molecule has 0 radical (unpaired) electrons. The molecule has 1 fully saturated rings. The van der Waals surface area contributed by atoms with E-state index >= 15 is 0 Å². The molecule has 1 aliphatic carbocycles. The van der Waals surface area contributed by atoms with Crippen LogP contribution in [0.5, 0.6) is 5.75 Å². The maximum Gasteiger partial charge on any atom is 0.119 e. The minimum Gasteiger partial charge on any atom is -0.493 e. The van der Waals surface area contributed by atoms with E-state index in [1.807, 2.05) is 24.3 Å². The molecule has 1 atom stereocenters. The average molecular weight is 220 g/mol. The van der Waals surface area contributed by atoms with Crippen molar-refractivity contribution in [1.29, 1.82) is 0 Å². The molecule has 0 amide bonds. The van der Waals surface area contributed by atoms with E-state index in [2.05, 4.69) is 6.92 Å². The largest absolute Gasteiger partial charge is 0.493 e. The van der Waals surface area contributed by atoms with E-state index in [0.29, 0.717) is 18.4 Å². The van der Waals surface area contributed by atoms with Crippen molar-refractivity contribution in [2.24, 2.45) is 11.8 Å². The fourth-order valence-electron chi connectivity index (χ4n) is 2.09. The lowest BCUT2D eigenvalue weighted by Gasteiger charge is -2.32. The lowest BCUT2D eigenvalue weighted by Crippen LogP contribution is -2.29. The van der Waals surface area contributed by atoms with Crippen molar-refractivity contribution in [2.45, 2.75) is 26.2 Å². The molecule has 2 heteroatoms. The molecule has 0 saturated heterocycles. The fourth-order valence-corrected chi connectivity index (χ4v) is 2.09. The van der Waals surface area contributed by atoms with Gasteiger partial charge in [0.1, 0.15) is 5.75 Å². The molecule has 1 saturated carbocycles. The van der Waals surface area contributed by atoms with Crippen molar-refractivity contribution in [1.82, 2.24) is 0 Å². The second-order valence-electron chi connectivity index (χ2n) is 4.76. The molecule has 0 bridgehead atoms. The van der Waals surface area contributed by atoms with Crippen molar-refractivity contribution in [3.05, 3.63) is 29.8 Å². The van der Waals surface area contributed by atoms with E-state index in [1.54, 1.807) is 0 Å². The van der Waals surface area contributed by atoms with Gasteiger partial charge in [0.2, 0.25) is 0 Å². The Morgan fingerprint density at radius 2 is 2.00 bits per heavy atom. The third kappa shape index (κ3) is 2.76. The number of hydrogen-bond acceptors (Lipinski definition) is 2. The number of hydrogen-bond donors (Lipinski definition) is 1. The summed E-state index contributed by atoms with van der Waals surface area (Å²) in [7, 11) is 0. The normalized spacial score (nSPS) is 17.9. The molecule has 0 spiro atoms.